The molecule has 5 nitrogen and oxygen atoms in total. The van der Waals surface area contributed by atoms with Gasteiger partial charge in [-0.3, -0.25) is 9.88 Å². The Labute approximate surface area is 154 Å². The fourth-order valence-electron chi connectivity index (χ4n) is 4.35. The van der Waals surface area contributed by atoms with Crippen LogP contribution in [0.25, 0.3) is 0 Å². The van der Waals surface area contributed by atoms with E-state index in [0.29, 0.717) is 18.4 Å². The van der Waals surface area contributed by atoms with Crippen LogP contribution in [-0.2, 0) is 0 Å². The molecule has 1 unspecified atom stereocenters. The lowest BCUT2D eigenvalue weighted by molar-refractivity contribution is 0.116. The van der Waals surface area contributed by atoms with Crippen LogP contribution in [0, 0.1) is 18.8 Å². The van der Waals surface area contributed by atoms with Crippen molar-refractivity contribution in [2.75, 3.05) is 19.6 Å². The summed E-state index contributed by atoms with van der Waals surface area (Å²) in [4.78, 5) is 6.65. The van der Waals surface area contributed by atoms with Crippen LogP contribution in [0.1, 0.15) is 30.2 Å². The highest BCUT2D eigenvalue weighted by atomic mass is 16.5. The largest absolute Gasteiger partial charge is 0.508 e. The summed E-state index contributed by atoms with van der Waals surface area (Å²) in [7, 11) is 0. The molecule has 138 valence electrons. The topological polar surface area (TPSA) is 65.8 Å². The minimum absolute atomic E-state index is 0.228. The number of nitrogens with zero attached hydrogens (tertiary/aromatic N) is 2. The maximum atomic E-state index is 10.4. The molecule has 2 aromatic rings. The maximum absolute atomic E-state index is 10.4. The molecular weight excluding hydrogens is 328 g/mol. The lowest BCUT2D eigenvalue weighted by Gasteiger charge is -2.22. The van der Waals surface area contributed by atoms with Crippen molar-refractivity contribution < 1.29 is 14.9 Å². The fraction of sp³-hybridized carbons (Fsp3) is 0.476. The van der Waals surface area contributed by atoms with Gasteiger partial charge in [-0.25, -0.2) is 0 Å². The molecule has 0 amide bonds. The summed E-state index contributed by atoms with van der Waals surface area (Å²) in [6, 6.07) is 10.8. The van der Waals surface area contributed by atoms with Gasteiger partial charge in [0.05, 0.1) is 18.4 Å². The minimum atomic E-state index is -0.514. The van der Waals surface area contributed by atoms with Gasteiger partial charge in [0.1, 0.15) is 11.5 Å². The van der Waals surface area contributed by atoms with Crippen LogP contribution in [0.4, 0.5) is 0 Å². The number of aromatic hydroxyl groups is 1. The first-order valence-electron chi connectivity index (χ1n) is 9.35. The molecular formula is C21H26N2O3. The van der Waals surface area contributed by atoms with Crippen molar-refractivity contribution in [2.45, 2.75) is 32.0 Å². The molecule has 2 aliphatic rings. The van der Waals surface area contributed by atoms with Gasteiger partial charge in [0.2, 0.25) is 0 Å². The minimum Gasteiger partial charge on any atom is -0.508 e. The molecule has 1 saturated carbocycles. The number of phenolic OH excluding ortho intramolecular Hbond substituents is 1. The normalized spacial score (nSPS) is 26.6. The van der Waals surface area contributed by atoms with E-state index in [2.05, 4.69) is 9.88 Å². The van der Waals surface area contributed by atoms with Gasteiger partial charge in [0.25, 0.3) is 0 Å². The van der Waals surface area contributed by atoms with Gasteiger partial charge in [0, 0.05) is 25.3 Å². The first-order chi connectivity index (χ1) is 12.6. The predicted octanol–water partition coefficient (Wildman–Crippen LogP) is 2.92. The summed E-state index contributed by atoms with van der Waals surface area (Å²) in [5.41, 5.74) is 1.86. The third-order valence-corrected chi connectivity index (χ3v) is 5.68. The van der Waals surface area contributed by atoms with E-state index in [0.717, 1.165) is 42.9 Å². The summed E-state index contributed by atoms with van der Waals surface area (Å²) >= 11 is 0. The monoisotopic (exact) mass is 354 g/mol. The molecule has 1 aliphatic heterocycles. The van der Waals surface area contributed by atoms with Gasteiger partial charge in [-0.2, -0.15) is 0 Å². The van der Waals surface area contributed by atoms with Gasteiger partial charge in [-0.05, 0) is 61.4 Å². The second kappa shape index (κ2) is 7.25. The number of aliphatic hydroxyl groups is 1. The molecule has 2 fully saturated rings. The molecule has 1 saturated heterocycles. The van der Waals surface area contributed by atoms with Crippen molar-refractivity contribution in [3.05, 3.63) is 53.9 Å². The number of pyridine rings is 1. The fourth-order valence-corrected chi connectivity index (χ4v) is 4.35. The average Bonchev–Trinajstić information content (AvgIpc) is 3.15. The van der Waals surface area contributed by atoms with Crippen molar-refractivity contribution in [1.29, 1.82) is 0 Å². The number of hydrogen-bond donors (Lipinski definition) is 2. The molecule has 0 spiro atoms. The Morgan fingerprint density at radius 1 is 1.12 bits per heavy atom. The van der Waals surface area contributed by atoms with E-state index < -0.39 is 6.10 Å². The van der Waals surface area contributed by atoms with Crippen LogP contribution >= 0.6 is 0 Å². The quantitative estimate of drug-likeness (QED) is 0.864. The Morgan fingerprint density at radius 2 is 1.81 bits per heavy atom. The van der Waals surface area contributed by atoms with Crippen LogP contribution in [0.5, 0.6) is 11.5 Å². The lowest BCUT2D eigenvalue weighted by Crippen LogP contribution is -2.28. The molecule has 1 aromatic carbocycles. The number of likely N-dealkylation sites (tertiary alicyclic amines) is 1. The maximum Gasteiger partial charge on any atom is 0.138 e. The lowest BCUT2D eigenvalue weighted by atomic mass is 10.0. The Kier molecular flexibility index (Phi) is 4.83. The average molecular weight is 354 g/mol. The van der Waals surface area contributed by atoms with Crippen molar-refractivity contribution in [3.63, 3.8) is 0 Å². The molecule has 2 heterocycles. The zero-order valence-electron chi connectivity index (χ0n) is 15.1. The highest BCUT2D eigenvalue weighted by molar-refractivity contribution is 5.27. The smallest absolute Gasteiger partial charge is 0.138 e. The number of aliphatic hydroxyl groups excluding tert-OH is 1. The van der Waals surface area contributed by atoms with Gasteiger partial charge in [-0.1, -0.05) is 12.1 Å². The summed E-state index contributed by atoms with van der Waals surface area (Å²) in [6.45, 7) is 4.66. The summed E-state index contributed by atoms with van der Waals surface area (Å²) in [5.74, 6) is 2.38. The molecule has 5 heteroatoms. The van der Waals surface area contributed by atoms with E-state index in [9.17, 15) is 10.2 Å². The van der Waals surface area contributed by atoms with Crippen molar-refractivity contribution in [2.24, 2.45) is 11.8 Å². The third kappa shape index (κ3) is 3.84. The van der Waals surface area contributed by atoms with Crippen molar-refractivity contribution in [3.8, 4) is 11.5 Å². The second-order valence-electron chi connectivity index (χ2n) is 7.69. The van der Waals surface area contributed by atoms with Crippen LogP contribution in [0.2, 0.25) is 0 Å². The molecule has 0 bridgehead atoms. The second-order valence-corrected chi connectivity index (χ2v) is 7.69. The standard InChI is InChI=1S/C21H26N2O3/c1-14-2-7-19(10-22-14)26-20-8-16-11-23(12-17(16)9-20)13-21(25)15-3-5-18(24)6-4-15/h2-7,10,16-17,20-21,24-25H,8-9,11-13H2,1H3/t16-,17+,20-,21?. The molecule has 0 radical (unpaired) electrons. The first kappa shape index (κ1) is 17.3. The number of rotatable bonds is 5. The van der Waals surface area contributed by atoms with Gasteiger partial charge < -0.3 is 14.9 Å². The number of aromatic nitrogens is 1. The SMILES string of the molecule is Cc1ccc(O[C@@H]2C[C@@H]3CN(CC(O)c4ccc(O)cc4)C[C@@H]3C2)cn1. The van der Waals surface area contributed by atoms with E-state index in [1.165, 1.54) is 0 Å². The van der Waals surface area contributed by atoms with Crippen molar-refractivity contribution >= 4 is 0 Å². The molecule has 4 atom stereocenters. The van der Waals surface area contributed by atoms with E-state index in [4.69, 9.17) is 4.74 Å². The zero-order valence-corrected chi connectivity index (χ0v) is 15.1. The van der Waals surface area contributed by atoms with E-state index in [-0.39, 0.29) is 11.9 Å². The van der Waals surface area contributed by atoms with Crippen LogP contribution < -0.4 is 4.74 Å². The van der Waals surface area contributed by atoms with Gasteiger partial charge >= 0.3 is 0 Å². The Morgan fingerprint density at radius 3 is 2.42 bits per heavy atom. The number of β-amino-alcohol motifs (C(OH)–C–C–N with tert-alkyl or cyclic N) is 1. The number of benzene rings is 1. The number of fused-ring (bicyclic) bond motifs is 1. The van der Waals surface area contributed by atoms with E-state index in [1.54, 1.807) is 24.3 Å². The van der Waals surface area contributed by atoms with Crippen LogP contribution in [-0.4, -0.2) is 45.8 Å². The van der Waals surface area contributed by atoms with E-state index in [1.807, 2.05) is 25.3 Å². The Balaban J connectivity index is 1.28. The van der Waals surface area contributed by atoms with Gasteiger partial charge in [-0.15, -0.1) is 0 Å². The summed E-state index contributed by atoms with van der Waals surface area (Å²) < 4.78 is 6.11. The number of aryl methyl sites for hydroxylation is 1. The molecule has 2 N–H and O–H groups in total. The van der Waals surface area contributed by atoms with Crippen LogP contribution in [0.15, 0.2) is 42.6 Å². The number of phenols is 1. The first-order valence-corrected chi connectivity index (χ1v) is 9.35. The highest BCUT2D eigenvalue weighted by Crippen LogP contribution is 2.40. The number of hydrogen-bond acceptors (Lipinski definition) is 5. The molecule has 1 aromatic heterocycles. The molecule has 26 heavy (non-hydrogen) atoms. The Bertz CT molecular complexity index is 718. The van der Waals surface area contributed by atoms with Crippen LogP contribution in [0.3, 0.4) is 0 Å². The predicted molar refractivity (Wildman–Crippen MR) is 99.1 cm³/mol. The van der Waals surface area contributed by atoms with Crippen molar-refractivity contribution in [1.82, 2.24) is 9.88 Å². The molecule has 4 rings (SSSR count). The Hall–Kier alpha value is -2.11. The third-order valence-electron chi connectivity index (χ3n) is 5.68. The molecule has 1 aliphatic carbocycles. The summed E-state index contributed by atoms with van der Waals surface area (Å²) in [6.07, 6.45) is 3.72. The van der Waals surface area contributed by atoms with Gasteiger partial charge in [0.15, 0.2) is 0 Å². The highest BCUT2D eigenvalue weighted by Gasteiger charge is 2.42. The number of ether oxygens (including phenoxy) is 1. The van der Waals surface area contributed by atoms with E-state index >= 15 is 0 Å². The summed E-state index contributed by atoms with van der Waals surface area (Å²) in [5, 5.41) is 19.8. The zero-order chi connectivity index (χ0) is 18.1.